The van der Waals surface area contributed by atoms with Gasteiger partial charge in [0.2, 0.25) is 0 Å². The highest BCUT2D eigenvalue weighted by molar-refractivity contribution is 5.30. The number of hydrogen-bond acceptors (Lipinski definition) is 2. The van der Waals surface area contributed by atoms with Crippen LogP contribution in [0.25, 0.3) is 0 Å². The largest absolute Gasteiger partial charge is 0.435 e. The average Bonchev–Trinajstić information content (AvgIpc) is 2.34. The van der Waals surface area contributed by atoms with E-state index in [0.29, 0.717) is 0 Å². The van der Waals surface area contributed by atoms with Gasteiger partial charge in [-0.1, -0.05) is 12.1 Å². The number of rotatable bonds is 6. The van der Waals surface area contributed by atoms with Crippen molar-refractivity contribution < 1.29 is 13.5 Å². The first-order chi connectivity index (χ1) is 8.67. The second-order valence-electron chi connectivity index (χ2n) is 3.76. The van der Waals surface area contributed by atoms with E-state index in [-0.39, 0.29) is 11.8 Å². The minimum absolute atomic E-state index is 0.0899. The molecule has 2 nitrogen and oxygen atoms in total. The second-order valence-corrected chi connectivity index (χ2v) is 3.76. The Morgan fingerprint density at radius 2 is 2.17 bits per heavy atom. The summed E-state index contributed by atoms with van der Waals surface area (Å²) in [7, 11) is 1.84. The maximum Gasteiger partial charge on any atom is 0.387 e. The van der Waals surface area contributed by atoms with Gasteiger partial charge in [0, 0.05) is 12.5 Å². The molecule has 0 aliphatic carbocycles. The van der Waals surface area contributed by atoms with E-state index >= 15 is 0 Å². The summed E-state index contributed by atoms with van der Waals surface area (Å²) >= 11 is 0. The van der Waals surface area contributed by atoms with E-state index in [1.54, 1.807) is 19.1 Å². The molecule has 1 aromatic rings. The highest BCUT2D eigenvalue weighted by atomic mass is 19.3. The Balaban J connectivity index is 2.74. The molecule has 0 amide bonds. The minimum atomic E-state index is -2.79. The summed E-state index contributed by atoms with van der Waals surface area (Å²) in [4.78, 5) is 0. The van der Waals surface area contributed by atoms with Gasteiger partial charge in [-0.3, -0.25) is 0 Å². The lowest BCUT2D eigenvalue weighted by Crippen LogP contribution is -2.16. The Labute approximate surface area is 106 Å². The molecule has 0 heterocycles. The fourth-order valence-corrected chi connectivity index (χ4v) is 1.73. The molecule has 0 aliphatic rings. The monoisotopic (exact) mass is 253 g/mol. The predicted molar refractivity (Wildman–Crippen MR) is 67.6 cm³/mol. The summed E-state index contributed by atoms with van der Waals surface area (Å²) in [6, 6.07) is 6.84. The molecular weight excluding hydrogens is 236 g/mol. The number of benzene rings is 1. The zero-order valence-corrected chi connectivity index (χ0v) is 10.5. The number of halogens is 2. The van der Waals surface area contributed by atoms with Crippen molar-refractivity contribution in [2.24, 2.45) is 0 Å². The zero-order valence-electron chi connectivity index (χ0n) is 10.5. The molecule has 0 fully saturated rings. The normalized spacial score (nSPS) is 11.8. The van der Waals surface area contributed by atoms with Crippen LogP contribution in [-0.4, -0.2) is 13.7 Å². The predicted octanol–water partition coefficient (Wildman–Crippen LogP) is 3.35. The summed E-state index contributed by atoms with van der Waals surface area (Å²) in [6.45, 7) is -0.995. The molecule has 0 bridgehead atoms. The van der Waals surface area contributed by atoms with Gasteiger partial charge in [0.25, 0.3) is 0 Å². The topological polar surface area (TPSA) is 21.3 Å². The van der Waals surface area contributed by atoms with Crippen molar-refractivity contribution in [2.45, 2.75) is 32.4 Å². The van der Waals surface area contributed by atoms with Crippen LogP contribution in [0.5, 0.6) is 5.75 Å². The molecule has 1 unspecified atom stereocenters. The van der Waals surface area contributed by atoms with Gasteiger partial charge in [-0.2, -0.15) is 8.78 Å². The van der Waals surface area contributed by atoms with Gasteiger partial charge in [-0.05, 0) is 38.1 Å². The van der Waals surface area contributed by atoms with Crippen LogP contribution < -0.4 is 10.1 Å². The Morgan fingerprint density at radius 1 is 1.39 bits per heavy atom. The summed E-state index contributed by atoms with van der Waals surface area (Å²) < 4.78 is 28.6. The standard InChI is InChI=1S/C14H17F2NO/c1-3-4-5-9-13(17-2)11-7-6-8-12(10-11)18-14(15)16/h6-8,10,13-14,17H,5,9H2,1-2H3. The summed E-state index contributed by atoms with van der Waals surface area (Å²) in [5.74, 6) is 6.01. The molecule has 18 heavy (non-hydrogen) atoms. The van der Waals surface area contributed by atoms with Crippen LogP contribution in [0.2, 0.25) is 0 Å². The number of nitrogens with one attached hydrogen (secondary N) is 1. The van der Waals surface area contributed by atoms with Crippen LogP contribution in [0.4, 0.5) is 8.78 Å². The Morgan fingerprint density at radius 3 is 2.78 bits per heavy atom. The van der Waals surface area contributed by atoms with Gasteiger partial charge in [0.15, 0.2) is 0 Å². The molecular formula is C14H17F2NO. The van der Waals surface area contributed by atoms with E-state index in [1.807, 2.05) is 13.1 Å². The van der Waals surface area contributed by atoms with Crippen LogP contribution in [0.3, 0.4) is 0 Å². The van der Waals surface area contributed by atoms with E-state index in [0.717, 1.165) is 18.4 Å². The Hall–Kier alpha value is -1.60. The molecule has 4 heteroatoms. The molecule has 0 aromatic heterocycles. The van der Waals surface area contributed by atoms with Crippen LogP contribution in [0, 0.1) is 11.8 Å². The van der Waals surface area contributed by atoms with Gasteiger partial charge in [-0.25, -0.2) is 0 Å². The van der Waals surface area contributed by atoms with Crippen LogP contribution in [0.1, 0.15) is 31.4 Å². The summed E-state index contributed by atoms with van der Waals surface area (Å²) in [5.41, 5.74) is 0.925. The second kappa shape index (κ2) is 7.67. The van der Waals surface area contributed by atoms with Crippen molar-refractivity contribution in [1.29, 1.82) is 0 Å². The lowest BCUT2D eigenvalue weighted by molar-refractivity contribution is -0.0499. The highest BCUT2D eigenvalue weighted by Gasteiger charge is 2.10. The first kappa shape index (κ1) is 14.5. The molecule has 1 rings (SSSR count). The summed E-state index contributed by atoms with van der Waals surface area (Å²) in [5, 5.41) is 3.15. The fraction of sp³-hybridized carbons (Fsp3) is 0.429. The molecule has 0 saturated carbocycles. The van der Waals surface area contributed by atoms with E-state index in [4.69, 9.17) is 0 Å². The van der Waals surface area contributed by atoms with Gasteiger partial charge < -0.3 is 10.1 Å². The van der Waals surface area contributed by atoms with Gasteiger partial charge in [0.1, 0.15) is 5.75 Å². The fourth-order valence-electron chi connectivity index (χ4n) is 1.73. The summed E-state index contributed by atoms with van der Waals surface area (Å²) in [6.07, 6.45) is 1.59. The lowest BCUT2D eigenvalue weighted by atomic mass is 10.0. The maximum absolute atomic E-state index is 12.1. The molecule has 0 saturated heterocycles. The number of ether oxygens (including phenoxy) is 1. The number of alkyl halides is 2. The molecule has 0 spiro atoms. The first-order valence-corrected chi connectivity index (χ1v) is 5.79. The van der Waals surface area contributed by atoms with Crippen LogP contribution >= 0.6 is 0 Å². The van der Waals surface area contributed by atoms with Crippen molar-refractivity contribution in [3.8, 4) is 17.6 Å². The molecule has 0 aliphatic heterocycles. The van der Waals surface area contributed by atoms with Gasteiger partial charge >= 0.3 is 6.61 Å². The highest BCUT2D eigenvalue weighted by Crippen LogP contribution is 2.23. The van der Waals surface area contributed by atoms with E-state index in [2.05, 4.69) is 21.9 Å². The van der Waals surface area contributed by atoms with Crippen molar-refractivity contribution in [3.05, 3.63) is 29.8 Å². The van der Waals surface area contributed by atoms with Crippen LogP contribution in [-0.2, 0) is 0 Å². The quantitative estimate of drug-likeness (QED) is 0.785. The van der Waals surface area contributed by atoms with Crippen molar-refractivity contribution in [3.63, 3.8) is 0 Å². The number of hydrogen-bond donors (Lipinski definition) is 1. The smallest absolute Gasteiger partial charge is 0.387 e. The Bertz CT molecular complexity index is 423. The van der Waals surface area contributed by atoms with Crippen LogP contribution in [0.15, 0.2) is 24.3 Å². The maximum atomic E-state index is 12.1. The third kappa shape index (κ3) is 4.72. The van der Waals surface area contributed by atoms with E-state index < -0.39 is 6.61 Å². The molecule has 1 atom stereocenters. The van der Waals surface area contributed by atoms with Crippen molar-refractivity contribution >= 4 is 0 Å². The zero-order chi connectivity index (χ0) is 13.4. The average molecular weight is 253 g/mol. The minimum Gasteiger partial charge on any atom is -0.435 e. The van der Waals surface area contributed by atoms with Gasteiger partial charge in [-0.15, -0.1) is 11.8 Å². The molecule has 98 valence electrons. The van der Waals surface area contributed by atoms with Crippen molar-refractivity contribution in [2.75, 3.05) is 7.05 Å². The molecule has 1 aromatic carbocycles. The SMILES string of the molecule is CC#CCCC(NC)c1cccc(OC(F)F)c1. The van der Waals surface area contributed by atoms with Crippen molar-refractivity contribution in [1.82, 2.24) is 5.32 Å². The Kier molecular flexibility index (Phi) is 6.16. The first-order valence-electron chi connectivity index (χ1n) is 5.79. The lowest BCUT2D eigenvalue weighted by Gasteiger charge is -2.16. The third-order valence-electron chi connectivity index (χ3n) is 2.57. The van der Waals surface area contributed by atoms with Gasteiger partial charge in [0.05, 0.1) is 0 Å². The van der Waals surface area contributed by atoms with E-state index in [9.17, 15) is 8.78 Å². The van der Waals surface area contributed by atoms with E-state index in [1.165, 1.54) is 6.07 Å². The molecule has 1 N–H and O–H groups in total. The molecule has 0 radical (unpaired) electrons. The third-order valence-corrected chi connectivity index (χ3v) is 2.57.